The van der Waals surface area contributed by atoms with Crippen molar-refractivity contribution in [2.45, 2.75) is 83.7 Å². The Hall–Kier alpha value is -1.43. The summed E-state index contributed by atoms with van der Waals surface area (Å²) in [7, 11) is 2.19. The first-order chi connectivity index (χ1) is 12.9. The van der Waals surface area contributed by atoms with E-state index in [0.29, 0.717) is 6.54 Å². The van der Waals surface area contributed by atoms with Crippen molar-refractivity contribution in [3.8, 4) is 0 Å². The lowest BCUT2D eigenvalue weighted by molar-refractivity contribution is -0.135. The molecule has 6 nitrogen and oxygen atoms in total. The van der Waals surface area contributed by atoms with Gasteiger partial charge in [0.05, 0.1) is 6.54 Å². The van der Waals surface area contributed by atoms with Gasteiger partial charge in [-0.05, 0) is 66.1 Å². The second-order valence-electron chi connectivity index (χ2n) is 8.48. The summed E-state index contributed by atoms with van der Waals surface area (Å²) in [5.41, 5.74) is -0.702. The van der Waals surface area contributed by atoms with E-state index in [1.54, 1.807) is 4.90 Å². The van der Waals surface area contributed by atoms with Crippen LogP contribution in [0.15, 0.2) is 4.99 Å². The first-order valence-electron chi connectivity index (χ1n) is 10.7. The molecule has 2 amide bonds. The second kappa shape index (κ2) is 10.2. The van der Waals surface area contributed by atoms with Crippen LogP contribution in [-0.2, 0) is 9.59 Å². The lowest BCUT2D eigenvalue weighted by Crippen LogP contribution is -2.54. The fraction of sp³-hybridized carbons (Fsp3) is 0.857. The molecule has 0 bridgehead atoms. The molecule has 6 heteroatoms. The number of carbonyl (C=O) groups is 2. The Bertz CT molecular complexity index is 528. The maximum Gasteiger partial charge on any atom is 0.257 e. The van der Waals surface area contributed by atoms with Crippen LogP contribution in [0.2, 0.25) is 0 Å². The lowest BCUT2D eigenvalue weighted by atomic mass is 9.89. The summed E-state index contributed by atoms with van der Waals surface area (Å²) in [5.74, 6) is 1.00. The van der Waals surface area contributed by atoms with Gasteiger partial charge in [-0.3, -0.25) is 19.5 Å². The van der Waals surface area contributed by atoms with Crippen LogP contribution in [0.1, 0.15) is 72.1 Å². The van der Waals surface area contributed by atoms with Crippen molar-refractivity contribution in [3.05, 3.63) is 0 Å². The highest BCUT2D eigenvalue weighted by atomic mass is 16.2. The number of carbonyl (C=O) groups excluding carboxylic acids is 2. The molecule has 1 spiro atoms. The largest absolute Gasteiger partial charge is 0.342 e. The predicted molar refractivity (Wildman–Crippen MR) is 110 cm³/mol. The first-order valence-corrected chi connectivity index (χ1v) is 10.7. The summed E-state index contributed by atoms with van der Waals surface area (Å²) < 4.78 is 0. The molecule has 0 N–H and O–H groups in total. The molecule has 3 heterocycles. The average molecular weight is 379 g/mol. The number of unbranched alkanes of at least 4 members (excludes halogenated alkanes) is 1. The second-order valence-corrected chi connectivity index (χ2v) is 8.48. The Morgan fingerprint density at radius 3 is 2.37 bits per heavy atom. The molecule has 3 aliphatic rings. The minimum absolute atomic E-state index is 0.0881. The van der Waals surface area contributed by atoms with Crippen molar-refractivity contribution in [1.29, 1.82) is 0 Å². The molecule has 154 valence electrons. The molecular formula is C21H38N4O2. The number of likely N-dealkylation sites (tertiary alicyclic amines) is 2. The van der Waals surface area contributed by atoms with E-state index in [1.165, 1.54) is 32.4 Å². The highest BCUT2D eigenvalue weighted by Crippen LogP contribution is 2.34. The summed E-state index contributed by atoms with van der Waals surface area (Å²) in [6.07, 6.45) is 9.71. The molecule has 0 radical (unpaired) electrons. The van der Waals surface area contributed by atoms with Crippen LogP contribution in [0.5, 0.6) is 0 Å². The molecule has 2 fully saturated rings. The van der Waals surface area contributed by atoms with Gasteiger partial charge >= 0.3 is 0 Å². The van der Waals surface area contributed by atoms with Crippen molar-refractivity contribution < 1.29 is 9.59 Å². The van der Waals surface area contributed by atoms with Crippen LogP contribution in [0.25, 0.3) is 0 Å². The van der Waals surface area contributed by atoms with Gasteiger partial charge in [0.15, 0.2) is 5.54 Å². The molecule has 3 rings (SSSR count). The normalized spacial score (nSPS) is 26.3. The zero-order chi connectivity index (χ0) is 19.9. The standard InChI is InChI=1S/C15H25N3O2.C6H13N/c1-4-5-7-13-16-15(14(20)18(13)12(2)3)8-6-9-17(10-15)11-19;1-7-5-3-2-4-6-7/h11-12H,4-10H2,1-3H3;2-6H2,1H3. The molecular weight excluding hydrogens is 340 g/mol. The van der Waals surface area contributed by atoms with Gasteiger partial charge in [-0.1, -0.05) is 19.8 Å². The zero-order valence-electron chi connectivity index (χ0n) is 17.7. The van der Waals surface area contributed by atoms with E-state index in [1.807, 2.05) is 18.7 Å². The minimum Gasteiger partial charge on any atom is -0.342 e. The zero-order valence-corrected chi connectivity index (χ0v) is 17.7. The highest BCUT2D eigenvalue weighted by Gasteiger charge is 2.50. The van der Waals surface area contributed by atoms with Crippen molar-refractivity contribution >= 4 is 18.2 Å². The quantitative estimate of drug-likeness (QED) is 0.691. The van der Waals surface area contributed by atoms with E-state index in [4.69, 9.17) is 4.99 Å². The number of amidine groups is 1. The van der Waals surface area contributed by atoms with E-state index < -0.39 is 5.54 Å². The van der Waals surface area contributed by atoms with Gasteiger partial charge in [0.1, 0.15) is 5.84 Å². The number of amides is 2. The number of hydrogen-bond donors (Lipinski definition) is 0. The van der Waals surface area contributed by atoms with Crippen LogP contribution in [-0.4, -0.2) is 77.7 Å². The third kappa shape index (κ3) is 5.53. The summed E-state index contributed by atoms with van der Waals surface area (Å²) in [5, 5.41) is 0. The molecule has 0 aromatic heterocycles. The van der Waals surface area contributed by atoms with E-state index in [2.05, 4.69) is 18.9 Å². The Morgan fingerprint density at radius 1 is 1.15 bits per heavy atom. The fourth-order valence-electron chi connectivity index (χ4n) is 4.21. The smallest absolute Gasteiger partial charge is 0.257 e. The van der Waals surface area contributed by atoms with Crippen molar-refractivity contribution in [3.63, 3.8) is 0 Å². The Kier molecular flexibility index (Phi) is 8.27. The van der Waals surface area contributed by atoms with Crippen LogP contribution in [0.4, 0.5) is 0 Å². The minimum atomic E-state index is -0.702. The maximum atomic E-state index is 12.8. The lowest BCUT2D eigenvalue weighted by Gasteiger charge is -2.35. The van der Waals surface area contributed by atoms with E-state index in [-0.39, 0.29) is 11.9 Å². The summed E-state index contributed by atoms with van der Waals surface area (Å²) in [6.45, 7) is 10.0. The molecule has 1 atom stereocenters. The Morgan fingerprint density at radius 2 is 1.85 bits per heavy atom. The molecule has 0 aromatic rings. The SMILES string of the molecule is CCCCC1=NC2(CCCN(C=O)C2)C(=O)N1C(C)C.CN1CCCCC1. The molecule has 2 saturated heterocycles. The van der Waals surface area contributed by atoms with Crippen molar-refractivity contribution in [1.82, 2.24) is 14.7 Å². The number of rotatable bonds is 5. The molecule has 3 aliphatic heterocycles. The summed E-state index contributed by atoms with van der Waals surface area (Å²) in [4.78, 5) is 34.6. The molecule has 0 saturated carbocycles. The van der Waals surface area contributed by atoms with Crippen LogP contribution in [0, 0.1) is 0 Å². The molecule has 27 heavy (non-hydrogen) atoms. The molecule has 0 aromatic carbocycles. The summed E-state index contributed by atoms with van der Waals surface area (Å²) in [6, 6.07) is 0.129. The number of nitrogens with zero attached hydrogens (tertiary/aromatic N) is 4. The number of piperidine rings is 2. The number of hydrogen-bond acceptors (Lipinski definition) is 4. The van der Waals surface area contributed by atoms with Gasteiger partial charge in [-0.15, -0.1) is 0 Å². The van der Waals surface area contributed by atoms with Crippen LogP contribution >= 0.6 is 0 Å². The van der Waals surface area contributed by atoms with Crippen molar-refractivity contribution in [2.24, 2.45) is 4.99 Å². The van der Waals surface area contributed by atoms with E-state index in [0.717, 1.165) is 50.9 Å². The van der Waals surface area contributed by atoms with Crippen molar-refractivity contribution in [2.75, 3.05) is 33.2 Å². The van der Waals surface area contributed by atoms with Gasteiger partial charge in [-0.2, -0.15) is 0 Å². The third-order valence-electron chi connectivity index (χ3n) is 5.74. The average Bonchev–Trinajstić information content (AvgIpc) is 2.92. The molecule has 0 aliphatic carbocycles. The monoisotopic (exact) mass is 378 g/mol. The van der Waals surface area contributed by atoms with Gasteiger partial charge in [0, 0.05) is 19.0 Å². The maximum absolute atomic E-state index is 12.8. The van der Waals surface area contributed by atoms with Gasteiger partial charge in [0.2, 0.25) is 6.41 Å². The van der Waals surface area contributed by atoms with E-state index in [9.17, 15) is 9.59 Å². The third-order valence-corrected chi connectivity index (χ3v) is 5.74. The Balaban J connectivity index is 0.000000313. The van der Waals surface area contributed by atoms with Crippen LogP contribution in [0.3, 0.4) is 0 Å². The summed E-state index contributed by atoms with van der Waals surface area (Å²) >= 11 is 0. The predicted octanol–water partition coefficient (Wildman–Crippen LogP) is 2.92. The van der Waals surface area contributed by atoms with Crippen LogP contribution < -0.4 is 0 Å². The van der Waals surface area contributed by atoms with Gasteiger partial charge in [0.25, 0.3) is 5.91 Å². The first kappa shape index (κ1) is 21.9. The number of aliphatic imine (C=N–C) groups is 1. The topological polar surface area (TPSA) is 56.2 Å². The van der Waals surface area contributed by atoms with Gasteiger partial charge < -0.3 is 9.80 Å². The fourth-order valence-corrected chi connectivity index (χ4v) is 4.21. The van der Waals surface area contributed by atoms with E-state index >= 15 is 0 Å². The highest BCUT2D eigenvalue weighted by molar-refractivity contribution is 6.08. The van der Waals surface area contributed by atoms with Gasteiger partial charge in [-0.25, -0.2) is 0 Å². The Labute approximate surface area is 165 Å². The molecule has 1 unspecified atom stereocenters.